The fourth-order valence-electron chi connectivity index (χ4n) is 3.81. The van der Waals surface area contributed by atoms with E-state index in [1.807, 2.05) is 30.2 Å². The van der Waals surface area contributed by atoms with Crippen molar-refractivity contribution in [3.8, 4) is 17.0 Å². The third kappa shape index (κ3) is 1.59. The maximum atomic E-state index is 5.95. The molecular weight excluding hydrogens is 276 g/mol. The first-order valence-electron chi connectivity index (χ1n) is 7.57. The molecule has 5 nitrogen and oxygen atoms in total. The molecule has 110 valence electrons. The summed E-state index contributed by atoms with van der Waals surface area (Å²) >= 11 is 0. The highest BCUT2D eigenvalue weighted by atomic mass is 16.5. The van der Waals surface area contributed by atoms with Crippen molar-refractivity contribution in [1.29, 1.82) is 0 Å². The molecule has 0 unspecified atom stereocenters. The van der Waals surface area contributed by atoms with E-state index < -0.39 is 0 Å². The number of nitrogens with one attached hydrogen (secondary N) is 1. The first-order chi connectivity index (χ1) is 10.8. The first kappa shape index (κ1) is 12.0. The number of rotatable bonds is 2. The van der Waals surface area contributed by atoms with E-state index in [1.54, 1.807) is 6.33 Å². The number of aromatic nitrogens is 4. The second kappa shape index (κ2) is 4.22. The van der Waals surface area contributed by atoms with E-state index in [1.165, 1.54) is 11.1 Å². The summed E-state index contributed by atoms with van der Waals surface area (Å²) in [5.74, 6) is 2.58. The summed E-state index contributed by atoms with van der Waals surface area (Å²) in [5, 5.41) is 4.26. The van der Waals surface area contributed by atoms with Crippen molar-refractivity contribution in [2.75, 3.05) is 6.61 Å². The summed E-state index contributed by atoms with van der Waals surface area (Å²) in [7, 11) is 1.97. The van der Waals surface area contributed by atoms with Gasteiger partial charge in [-0.15, -0.1) is 0 Å². The van der Waals surface area contributed by atoms with Crippen LogP contribution in [0.4, 0.5) is 0 Å². The summed E-state index contributed by atoms with van der Waals surface area (Å²) in [4.78, 5) is 7.50. The number of aryl methyl sites for hydroxylation is 1. The van der Waals surface area contributed by atoms with Gasteiger partial charge < -0.3 is 9.72 Å². The number of imidazole rings is 1. The molecule has 2 aliphatic rings. The highest BCUT2D eigenvalue weighted by Gasteiger charge is 2.56. The van der Waals surface area contributed by atoms with Crippen LogP contribution < -0.4 is 4.74 Å². The van der Waals surface area contributed by atoms with Crippen LogP contribution in [-0.2, 0) is 7.05 Å². The molecule has 0 radical (unpaired) electrons. The van der Waals surface area contributed by atoms with Gasteiger partial charge in [0.25, 0.3) is 0 Å². The van der Waals surface area contributed by atoms with Gasteiger partial charge in [-0.1, -0.05) is 0 Å². The molecule has 1 aliphatic carbocycles. The van der Waals surface area contributed by atoms with Crippen molar-refractivity contribution >= 4 is 0 Å². The van der Waals surface area contributed by atoms with E-state index >= 15 is 0 Å². The zero-order valence-corrected chi connectivity index (χ0v) is 12.2. The molecule has 3 atom stereocenters. The van der Waals surface area contributed by atoms with Gasteiger partial charge in [0.15, 0.2) is 0 Å². The summed E-state index contributed by atoms with van der Waals surface area (Å²) < 4.78 is 7.85. The van der Waals surface area contributed by atoms with E-state index in [9.17, 15) is 0 Å². The maximum absolute atomic E-state index is 5.95. The Labute approximate surface area is 128 Å². The highest BCUT2D eigenvalue weighted by Crippen LogP contribution is 2.64. The molecule has 1 N–H and O–H groups in total. The van der Waals surface area contributed by atoms with Crippen LogP contribution in [-0.4, -0.2) is 26.4 Å². The third-order valence-electron chi connectivity index (χ3n) is 4.95. The van der Waals surface area contributed by atoms with Gasteiger partial charge in [0.05, 0.1) is 24.3 Å². The van der Waals surface area contributed by atoms with Gasteiger partial charge >= 0.3 is 0 Å². The van der Waals surface area contributed by atoms with Gasteiger partial charge in [-0.25, -0.2) is 4.98 Å². The van der Waals surface area contributed by atoms with E-state index in [-0.39, 0.29) is 0 Å². The number of ether oxygens (including phenoxy) is 1. The topological polar surface area (TPSA) is 55.7 Å². The average molecular weight is 292 g/mol. The maximum Gasteiger partial charge on any atom is 0.122 e. The highest BCUT2D eigenvalue weighted by molar-refractivity contribution is 5.64. The molecule has 0 bridgehead atoms. The van der Waals surface area contributed by atoms with E-state index in [2.05, 4.69) is 33.3 Å². The van der Waals surface area contributed by atoms with Crippen molar-refractivity contribution in [2.24, 2.45) is 13.0 Å². The predicted molar refractivity (Wildman–Crippen MR) is 81.7 cm³/mol. The van der Waals surface area contributed by atoms with Gasteiger partial charge in [0, 0.05) is 42.8 Å². The molecule has 3 aromatic rings. The van der Waals surface area contributed by atoms with Gasteiger partial charge in [-0.3, -0.25) is 4.68 Å². The number of H-pyrrole nitrogens is 1. The number of hydrogen-bond donors (Lipinski definition) is 1. The summed E-state index contributed by atoms with van der Waals surface area (Å²) in [5.41, 5.74) is 4.78. The van der Waals surface area contributed by atoms with Gasteiger partial charge in [-0.05, 0) is 29.8 Å². The van der Waals surface area contributed by atoms with E-state index in [0.29, 0.717) is 17.8 Å². The van der Waals surface area contributed by atoms with Gasteiger partial charge in [0.1, 0.15) is 5.75 Å². The predicted octanol–water partition coefficient (Wildman–Crippen LogP) is 2.70. The Bertz CT molecular complexity index is 836. The Morgan fingerprint density at radius 2 is 2.23 bits per heavy atom. The molecule has 1 fully saturated rings. The van der Waals surface area contributed by atoms with Crippen molar-refractivity contribution in [2.45, 2.75) is 11.8 Å². The Morgan fingerprint density at radius 3 is 3.00 bits per heavy atom. The number of hydrogen-bond acceptors (Lipinski definition) is 3. The number of nitrogens with zero attached hydrogens (tertiary/aromatic N) is 3. The summed E-state index contributed by atoms with van der Waals surface area (Å²) in [6, 6.07) is 8.51. The zero-order chi connectivity index (χ0) is 14.7. The summed E-state index contributed by atoms with van der Waals surface area (Å²) in [6.07, 6.45) is 5.60. The SMILES string of the molecule is Cn1nccc1-c1ccc2c(c1)[C@@H]1[C@H](CO2)[C@H]1c1c[nH]cn1. The minimum atomic E-state index is 0.481. The van der Waals surface area contributed by atoms with Crippen LogP contribution in [0, 0.1) is 5.92 Å². The van der Waals surface area contributed by atoms with Crippen LogP contribution in [0.25, 0.3) is 11.3 Å². The number of aromatic amines is 1. The molecule has 3 heterocycles. The minimum absolute atomic E-state index is 0.481. The standard InChI is InChI=1S/C17H16N4O/c1-21-14(4-5-20-21)10-2-3-15-11(6-10)16-12(8-22-15)17(16)13-7-18-9-19-13/h2-7,9,12,16-17H,8H2,1H3,(H,18,19)/t12-,16+,17-/m0/s1. The smallest absolute Gasteiger partial charge is 0.122 e. The summed E-state index contributed by atoms with van der Waals surface area (Å²) in [6.45, 7) is 0.792. The monoisotopic (exact) mass is 292 g/mol. The van der Waals surface area contributed by atoms with E-state index in [0.717, 1.165) is 23.7 Å². The molecule has 0 spiro atoms. The number of fused-ring (bicyclic) bond motifs is 3. The second-order valence-corrected chi connectivity index (χ2v) is 6.11. The Hall–Kier alpha value is -2.56. The Kier molecular flexibility index (Phi) is 2.31. The van der Waals surface area contributed by atoms with Crippen LogP contribution in [0.2, 0.25) is 0 Å². The molecule has 2 aromatic heterocycles. The first-order valence-corrected chi connectivity index (χ1v) is 7.57. The fourth-order valence-corrected chi connectivity index (χ4v) is 3.81. The molecule has 0 saturated heterocycles. The molecule has 1 aromatic carbocycles. The molecule has 0 amide bonds. The van der Waals surface area contributed by atoms with Crippen LogP contribution in [0.1, 0.15) is 23.1 Å². The molecule has 22 heavy (non-hydrogen) atoms. The van der Waals surface area contributed by atoms with Crippen LogP contribution in [0.5, 0.6) is 5.75 Å². The van der Waals surface area contributed by atoms with Crippen molar-refractivity contribution in [3.63, 3.8) is 0 Å². The Morgan fingerprint density at radius 1 is 1.27 bits per heavy atom. The van der Waals surface area contributed by atoms with Crippen LogP contribution >= 0.6 is 0 Å². The molecular formula is C17H16N4O. The average Bonchev–Trinajstić information content (AvgIpc) is 2.90. The van der Waals surface area contributed by atoms with Crippen LogP contribution in [0.15, 0.2) is 43.0 Å². The number of benzene rings is 1. The fraction of sp³-hybridized carbons (Fsp3) is 0.294. The lowest BCUT2D eigenvalue weighted by Gasteiger charge is -2.17. The van der Waals surface area contributed by atoms with Crippen molar-refractivity contribution < 1.29 is 4.74 Å². The largest absolute Gasteiger partial charge is 0.493 e. The quantitative estimate of drug-likeness (QED) is 0.790. The molecule has 5 heteroatoms. The second-order valence-electron chi connectivity index (χ2n) is 6.11. The van der Waals surface area contributed by atoms with Crippen LogP contribution in [0.3, 0.4) is 0 Å². The van der Waals surface area contributed by atoms with Crippen molar-refractivity contribution in [1.82, 2.24) is 19.7 Å². The minimum Gasteiger partial charge on any atom is -0.493 e. The third-order valence-corrected chi connectivity index (χ3v) is 4.95. The lowest BCUT2D eigenvalue weighted by atomic mass is 10.0. The van der Waals surface area contributed by atoms with Gasteiger partial charge in [0.2, 0.25) is 0 Å². The molecule has 1 aliphatic heterocycles. The van der Waals surface area contributed by atoms with Crippen molar-refractivity contribution in [3.05, 3.63) is 54.2 Å². The molecule has 1 saturated carbocycles. The van der Waals surface area contributed by atoms with E-state index in [4.69, 9.17) is 4.74 Å². The normalized spacial score (nSPS) is 25.2. The van der Waals surface area contributed by atoms with Gasteiger partial charge in [-0.2, -0.15) is 5.10 Å². The lowest BCUT2D eigenvalue weighted by Crippen LogP contribution is -2.08. The lowest BCUT2D eigenvalue weighted by molar-refractivity contribution is 0.277. The Balaban J connectivity index is 1.57. The zero-order valence-electron chi connectivity index (χ0n) is 12.2. The molecule has 5 rings (SSSR count).